The van der Waals surface area contributed by atoms with Crippen molar-refractivity contribution in [2.24, 2.45) is 5.92 Å². The van der Waals surface area contributed by atoms with Crippen molar-refractivity contribution in [2.45, 2.75) is 62.9 Å². The minimum Gasteiger partial charge on any atom is -0.394 e. The molecule has 1 saturated carbocycles. The van der Waals surface area contributed by atoms with Crippen LogP contribution < -0.4 is 5.32 Å². The van der Waals surface area contributed by atoms with Gasteiger partial charge in [0.2, 0.25) is 5.91 Å². The second-order valence-corrected chi connectivity index (χ2v) is 8.87. The molecule has 29 heavy (non-hydrogen) atoms. The van der Waals surface area contributed by atoms with Crippen molar-refractivity contribution in [3.8, 4) is 0 Å². The van der Waals surface area contributed by atoms with Crippen molar-refractivity contribution < 1.29 is 14.7 Å². The number of amides is 3. The number of carbonyl (C=O) groups is 2. The third-order valence-corrected chi connectivity index (χ3v) is 7.06. The van der Waals surface area contributed by atoms with Gasteiger partial charge in [-0.1, -0.05) is 56.5 Å². The van der Waals surface area contributed by atoms with Crippen LogP contribution in [0, 0.1) is 5.92 Å². The van der Waals surface area contributed by atoms with E-state index in [2.05, 4.69) is 17.4 Å². The molecule has 2 aliphatic heterocycles. The Hall–Kier alpha value is -2.08. The molecule has 3 fully saturated rings. The van der Waals surface area contributed by atoms with Crippen LogP contribution in [0.4, 0.5) is 4.79 Å². The van der Waals surface area contributed by atoms with Gasteiger partial charge in [0.15, 0.2) is 0 Å². The first-order valence-corrected chi connectivity index (χ1v) is 11.1. The number of rotatable bonds is 5. The number of aliphatic hydroxyl groups is 1. The molecule has 1 aliphatic carbocycles. The minimum absolute atomic E-state index is 0.0399. The van der Waals surface area contributed by atoms with Gasteiger partial charge >= 0.3 is 6.03 Å². The Bertz CT molecular complexity index is 726. The van der Waals surface area contributed by atoms with Crippen LogP contribution in [0.5, 0.6) is 0 Å². The first kappa shape index (κ1) is 20.2. The molecule has 3 aliphatic rings. The number of benzene rings is 1. The summed E-state index contributed by atoms with van der Waals surface area (Å²) in [5.74, 6) is 0.315. The second-order valence-electron chi connectivity index (χ2n) is 8.87. The van der Waals surface area contributed by atoms with Gasteiger partial charge < -0.3 is 20.2 Å². The number of nitrogens with zero attached hydrogens (tertiary/aromatic N) is 2. The molecule has 6 nitrogen and oxygen atoms in total. The van der Waals surface area contributed by atoms with E-state index in [1.54, 1.807) is 4.90 Å². The average molecular weight is 400 g/mol. The van der Waals surface area contributed by atoms with Crippen molar-refractivity contribution in [1.82, 2.24) is 15.1 Å². The Morgan fingerprint density at radius 3 is 2.45 bits per heavy atom. The smallest absolute Gasteiger partial charge is 0.317 e. The summed E-state index contributed by atoms with van der Waals surface area (Å²) in [6.45, 7) is 3.73. The van der Waals surface area contributed by atoms with Gasteiger partial charge in [-0.15, -0.1) is 0 Å². The molecule has 0 unspecified atom stereocenters. The maximum Gasteiger partial charge on any atom is 0.317 e. The summed E-state index contributed by atoms with van der Waals surface area (Å²) in [5.41, 5.74) is 0.764. The number of urea groups is 1. The monoisotopic (exact) mass is 399 g/mol. The number of carbonyl (C=O) groups excluding carboxylic acids is 2. The molecule has 158 valence electrons. The third kappa shape index (κ3) is 3.41. The van der Waals surface area contributed by atoms with Gasteiger partial charge in [-0.3, -0.25) is 4.79 Å². The number of aliphatic hydroxyl groups excluding tert-OH is 1. The van der Waals surface area contributed by atoms with E-state index in [0.29, 0.717) is 19.6 Å². The fraction of sp³-hybridized carbons (Fsp3) is 0.652. The van der Waals surface area contributed by atoms with E-state index < -0.39 is 0 Å². The summed E-state index contributed by atoms with van der Waals surface area (Å²) in [6.07, 6.45) is 6.20. The Kier molecular flexibility index (Phi) is 5.81. The Morgan fingerprint density at radius 1 is 1.14 bits per heavy atom. The SMILES string of the molecule is CCCNC(=O)N1CC2(C1)[C@H](c1ccccc1)[C@@H](CO)N2C(=O)C1CCCCC1. The van der Waals surface area contributed by atoms with Crippen LogP contribution in [0.3, 0.4) is 0 Å². The highest BCUT2D eigenvalue weighted by Crippen LogP contribution is 2.54. The summed E-state index contributed by atoms with van der Waals surface area (Å²) in [7, 11) is 0. The predicted octanol–water partition coefficient (Wildman–Crippen LogP) is 2.73. The normalized spacial score (nSPS) is 26.0. The summed E-state index contributed by atoms with van der Waals surface area (Å²) in [6, 6.07) is 9.91. The van der Waals surface area contributed by atoms with Gasteiger partial charge in [-0.25, -0.2) is 4.79 Å². The number of likely N-dealkylation sites (tertiary alicyclic amines) is 2. The van der Waals surface area contributed by atoms with Gasteiger partial charge in [-0.2, -0.15) is 0 Å². The number of nitrogens with one attached hydrogen (secondary N) is 1. The molecule has 6 heteroatoms. The predicted molar refractivity (Wildman–Crippen MR) is 111 cm³/mol. The molecule has 0 radical (unpaired) electrons. The fourth-order valence-electron chi connectivity index (χ4n) is 5.67. The van der Waals surface area contributed by atoms with Crippen LogP contribution in [-0.4, -0.2) is 64.7 Å². The largest absolute Gasteiger partial charge is 0.394 e. The summed E-state index contributed by atoms with van der Waals surface area (Å²) in [4.78, 5) is 29.7. The first-order chi connectivity index (χ1) is 14.1. The molecule has 3 amide bonds. The van der Waals surface area contributed by atoms with Crippen LogP contribution in [0.25, 0.3) is 0 Å². The topological polar surface area (TPSA) is 72.9 Å². The first-order valence-electron chi connectivity index (χ1n) is 11.1. The molecule has 2 N–H and O–H groups in total. The fourth-order valence-corrected chi connectivity index (χ4v) is 5.67. The second kappa shape index (κ2) is 8.34. The number of hydrogen-bond donors (Lipinski definition) is 2. The standard InChI is InChI=1S/C23H33N3O3/c1-2-13-24-22(29)25-15-23(16-25)20(17-9-5-3-6-10-17)19(14-27)26(23)21(28)18-11-7-4-8-12-18/h3,5-6,9-10,18-20,27H,2,4,7-8,11-16H2,1H3,(H,24,29)/t19-,20-/m1/s1. The molecule has 1 spiro atoms. The molecular weight excluding hydrogens is 366 g/mol. The molecule has 2 atom stereocenters. The molecule has 0 bridgehead atoms. The molecule has 1 aromatic carbocycles. The summed E-state index contributed by atoms with van der Waals surface area (Å²) in [5, 5.41) is 13.1. The third-order valence-electron chi connectivity index (χ3n) is 7.06. The maximum absolute atomic E-state index is 13.5. The lowest BCUT2D eigenvalue weighted by Crippen LogP contribution is -2.86. The minimum atomic E-state index is -0.382. The molecule has 1 aromatic rings. The van der Waals surface area contributed by atoms with Crippen molar-refractivity contribution >= 4 is 11.9 Å². The zero-order valence-electron chi connectivity index (χ0n) is 17.3. The molecule has 2 heterocycles. The Balaban J connectivity index is 1.58. The summed E-state index contributed by atoms with van der Waals surface area (Å²) >= 11 is 0. The van der Waals surface area contributed by atoms with Gasteiger partial charge in [0, 0.05) is 31.5 Å². The maximum atomic E-state index is 13.5. The lowest BCUT2D eigenvalue weighted by Gasteiger charge is -2.70. The zero-order chi connectivity index (χ0) is 20.4. The van der Waals surface area contributed by atoms with Crippen molar-refractivity contribution in [3.05, 3.63) is 35.9 Å². The highest BCUT2D eigenvalue weighted by Gasteiger charge is 2.68. The van der Waals surface area contributed by atoms with E-state index in [-0.39, 0.29) is 42.0 Å². The Morgan fingerprint density at radius 2 is 1.83 bits per heavy atom. The Labute approximate surface area is 173 Å². The van der Waals surface area contributed by atoms with E-state index in [4.69, 9.17) is 0 Å². The zero-order valence-corrected chi connectivity index (χ0v) is 17.3. The van der Waals surface area contributed by atoms with E-state index >= 15 is 0 Å². The van der Waals surface area contributed by atoms with Crippen molar-refractivity contribution in [3.63, 3.8) is 0 Å². The van der Waals surface area contributed by atoms with E-state index in [0.717, 1.165) is 37.7 Å². The van der Waals surface area contributed by atoms with Crippen LogP contribution in [-0.2, 0) is 4.79 Å². The van der Waals surface area contributed by atoms with Crippen molar-refractivity contribution in [1.29, 1.82) is 0 Å². The quantitative estimate of drug-likeness (QED) is 0.800. The summed E-state index contributed by atoms with van der Waals surface area (Å²) < 4.78 is 0. The van der Waals surface area contributed by atoms with Crippen LogP contribution >= 0.6 is 0 Å². The molecule has 2 saturated heterocycles. The molecule has 4 rings (SSSR count). The van der Waals surface area contributed by atoms with E-state index in [1.165, 1.54) is 6.42 Å². The molecule has 0 aromatic heterocycles. The van der Waals surface area contributed by atoms with Gasteiger partial charge in [0.25, 0.3) is 0 Å². The van der Waals surface area contributed by atoms with Gasteiger partial charge in [0.05, 0.1) is 18.2 Å². The lowest BCUT2D eigenvalue weighted by atomic mass is 9.60. The average Bonchev–Trinajstić information content (AvgIpc) is 2.72. The molecular formula is C23H33N3O3. The van der Waals surface area contributed by atoms with Crippen molar-refractivity contribution in [2.75, 3.05) is 26.2 Å². The lowest BCUT2D eigenvalue weighted by molar-refractivity contribution is -0.197. The van der Waals surface area contributed by atoms with Gasteiger partial charge in [0.1, 0.15) is 0 Å². The van der Waals surface area contributed by atoms with E-state index in [1.807, 2.05) is 30.0 Å². The van der Waals surface area contributed by atoms with E-state index in [9.17, 15) is 14.7 Å². The van der Waals surface area contributed by atoms with Crippen LogP contribution in [0.1, 0.15) is 56.9 Å². The van der Waals surface area contributed by atoms with Crippen LogP contribution in [0.15, 0.2) is 30.3 Å². The highest BCUT2D eigenvalue weighted by atomic mass is 16.3. The highest BCUT2D eigenvalue weighted by molar-refractivity contribution is 5.84. The van der Waals surface area contributed by atoms with Gasteiger partial charge in [-0.05, 0) is 24.8 Å². The number of hydrogen-bond acceptors (Lipinski definition) is 3. The van der Waals surface area contributed by atoms with Crippen LogP contribution in [0.2, 0.25) is 0 Å².